The fraction of sp³-hybridized carbons (Fsp3) is 0.241. The zero-order chi connectivity index (χ0) is 27.4. The molecule has 0 N–H and O–H groups in total. The predicted molar refractivity (Wildman–Crippen MR) is 149 cm³/mol. The SMILES string of the molecule is CCOC(=O)c1cc(-c2ccc(N3CCN(C(=O)c4ccc(Cl)nc4)CC3)cc2)n(-c2ccccc2OC)n1. The number of nitrogens with zero attached hydrogens (tertiary/aromatic N) is 5. The van der Waals surface area contributed by atoms with Gasteiger partial charge in [-0.1, -0.05) is 35.9 Å². The Hall–Kier alpha value is -4.37. The molecule has 4 aromatic rings. The van der Waals surface area contributed by atoms with Gasteiger partial charge in [0.1, 0.15) is 16.6 Å². The van der Waals surface area contributed by atoms with Gasteiger partial charge in [0.2, 0.25) is 0 Å². The Bertz CT molecular complexity index is 1460. The topological polar surface area (TPSA) is 89.8 Å². The molecule has 0 spiro atoms. The molecular weight excluding hydrogens is 518 g/mol. The molecule has 0 unspecified atom stereocenters. The minimum Gasteiger partial charge on any atom is -0.494 e. The normalized spacial score (nSPS) is 13.3. The molecule has 200 valence electrons. The second-order valence-electron chi connectivity index (χ2n) is 8.91. The molecule has 3 heterocycles. The fourth-order valence-electron chi connectivity index (χ4n) is 4.58. The summed E-state index contributed by atoms with van der Waals surface area (Å²) >= 11 is 5.85. The standard InChI is InChI=1S/C29H28ClN5O4/c1-3-39-29(37)23-18-25(35(32-23)24-6-4-5-7-26(24)38-2)20-8-11-22(12-9-20)33-14-16-34(17-15-33)28(36)21-10-13-27(30)31-19-21/h4-13,18-19H,3,14-17H2,1-2H3. The maximum absolute atomic E-state index is 12.8. The van der Waals surface area contributed by atoms with Gasteiger partial charge < -0.3 is 19.3 Å². The van der Waals surface area contributed by atoms with Gasteiger partial charge in [-0.15, -0.1) is 0 Å². The number of anilines is 1. The van der Waals surface area contributed by atoms with Crippen LogP contribution in [0.1, 0.15) is 27.8 Å². The molecule has 2 aromatic heterocycles. The van der Waals surface area contributed by atoms with Crippen LogP contribution in [0.2, 0.25) is 5.15 Å². The average Bonchev–Trinajstić information content (AvgIpc) is 3.43. The number of para-hydroxylation sites is 2. The van der Waals surface area contributed by atoms with E-state index in [-0.39, 0.29) is 18.2 Å². The van der Waals surface area contributed by atoms with Gasteiger partial charge in [0.25, 0.3) is 5.91 Å². The molecule has 0 atom stereocenters. The Morgan fingerprint density at radius 1 is 0.974 bits per heavy atom. The van der Waals surface area contributed by atoms with E-state index in [1.807, 2.05) is 53.4 Å². The van der Waals surface area contributed by atoms with E-state index in [0.717, 1.165) is 16.9 Å². The van der Waals surface area contributed by atoms with Crippen molar-refractivity contribution in [1.29, 1.82) is 0 Å². The van der Waals surface area contributed by atoms with Gasteiger partial charge in [-0.3, -0.25) is 4.79 Å². The minimum atomic E-state index is -0.481. The first kappa shape index (κ1) is 26.2. The van der Waals surface area contributed by atoms with E-state index in [9.17, 15) is 9.59 Å². The van der Waals surface area contributed by atoms with E-state index in [4.69, 9.17) is 21.1 Å². The molecule has 1 saturated heterocycles. The molecule has 9 nitrogen and oxygen atoms in total. The maximum atomic E-state index is 12.8. The summed E-state index contributed by atoms with van der Waals surface area (Å²) in [6.45, 7) is 4.65. The van der Waals surface area contributed by atoms with Crippen LogP contribution in [0.25, 0.3) is 16.9 Å². The number of carbonyl (C=O) groups is 2. The van der Waals surface area contributed by atoms with E-state index >= 15 is 0 Å². The molecule has 0 radical (unpaired) electrons. The number of methoxy groups -OCH3 is 1. The third-order valence-corrected chi connectivity index (χ3v) is 6.80. The highest BCUT2D eigenvalue weighted by atomic mass is 35.5. The van der Waals surface area contributed by atoms with Crippen molar-refractivity contribution in [2.24, 2.45) is 0 Å². The second-order valence-corrected chi connectivity index (χ2v) is 9.30. The summed E-state index contributed by atoms with van der Waals surface area (Å²) in [5.74, 6) is 0.109. The Morgan fingerprint density at radius 3 is 2.38 bits per heavy atom. The van der Waals surface area contributed by atoms with Crippen molar-refractivity contribution in [3.05, 3.63) is 89.3 Å². The molecule has 1 aliphatic rings. The number of pyridine rings is 1. The Morgan fingerprint density at radius 2 is 1.72 bits per heavy atom. The van der Waals surface area contributed by atoms with Gasteiger partial charge in [0.05, 0.1) is 25.0 Å². The molecule has 1 fully saturated rings. The number of hydrogen-bond donors (Lipinski definition) is 0. The quantitative estimate of drug-likeness (QED) is 0.245. The third-order valence-electron chi connectivity index (χ3n) is 6.58. The minimum absolute atomic E-state index is 0.0452. The summed E-state index contributed by atoms with van der Waals surface area (Å²) in [6.07, 6.45) is 1.51. The molecule has 0 bridgehead atoms. The van der Waals surface area contributed by atoms with Gasteiger partial charge in [-0.05, 0) is 49.4 Å². The molecule has 39 heavy (non-hydrogen) atoms. The average molecular weight is 546 g/mol. The lowest BCUT2D eigenvalue weighted by Crippen LogP contribution is -2.48. The number of rotatable bonds is 7. The first-order chi connectivity index (χ1) is 19.0. The number of aromatic nitrogens is 3. The van der Waals surface area contributed by atoms with Crippen molar-refractivity contribution in [1.82, 2.24) is 19.7 Å². The number of hydrogen-bond acceptors (Lipinski definition) is 7. The van der Waals surface area contributed by atoms with Gasteiger partial charge in [-0.2, -0.15) is 5.10 Å². The van der Waals surface area contributed by atoms with Crippen LogP contribution in [0.3, 0.4) is 0 Å². The van der Waals surface area contributed by atoms with Crippen LogP contribution in [-0.4, -0.2) is 71.4 Å². The van der Waals surface area contributed by atoms with Crippen molar-refractivity contribution in [2.45, 2.75) is 6.92 Å². The largest absolute Gasteiger partial charge is 0.494 e. The van der Waals surface area contributed by atoms with Gasteiger partial charge in [-0.25, -0.2) is 14.5 Å². The van der Waals surface area contributed by atoms with E-state index in [0.29, 0.717) is 48.3 Å². The lowest BCUT2D eigenvalue weighted by molar-refractivity contribution is 0.0518. The molecule has 1 aliphatic heterocycles. The summed E-state index contributed by atoms with van der Waals surface area (Å²) in [6, 6.07) is 20.7. The van der Waals surface area contributed by atoms with Crippen molar-refractivity contribution in [2.75, 3.05) is 44.8 Å². The number of benzene rings is 2. The van der Waals surface area contributed by atoms with Crippen LogP contribution < -0.4 is 9.64 Å². The predicted octanol–water partition coefficient (Wildman–Crippen LogP) is 4.74. The Labute approximate surface area is 231 Å². The lowest BCUT2D eigenvalue weighted by Gasteiger charge is -2.36. The Kier molecular flexibility index (Phi) is 7.79. The molecular formula is C29H28ClN5O4. The molecule has 1 amide bonds. The van der Waals surface area contributed by atoms with E-state index < -0.39 is 5.97 Å². The van der Waals surface area contributed by atoms with Crippen LogP contribution in [0.15, 0.2) is 72.9 Å². The van der Waals surface area contributed by atoms with Crippen LogP contribution in [0.5, 0.6) is 5.75 Å². The van der Waals surface area contributed by atoms with Crippen LogP contribution in [-0.2, 0) is 4.74 Å². The Balaban J connectivity index is 1.35. The van der Waals surface area contributed by atoms with Crippen molar-refractivity contribution < 1.29 is 19.1 Å². The van der Waals surface area contributed by atoms with Crippen molar-refractivity contribution >= 4 is 29.2 Å². The summed E-state index contributed by atoms with van der Waals surface area (Å²) in [5.41, 5.74) is 4.14. The lowest BCUT2D eigenvalue weighted by atomic mass is 10.1. The van der Waals surface area contributed by atoms with Crippen molar-refractivity contribution in [3.63, 3.8) is 0 Å². The van der Waals surface area contributed by atoms with E-state index in [1.165, 1.54) is 6.20 Å². The van der Waals surface area contributed by atoms with Gasteiger partial charge in [0, 0.05) is 43.6 Å². The molecule has 2 aromatic carbocycles. The number of ether oxygens (including phenoxy) is 2. The van der Waals surface area contributed by atoms with Crippen molar-refractivity contribution in [3.8, 4) is 22.7 Å². The molecule has 10 heteroatoms. The second kappa shape index (κ2) is 11.6. The number of amides is 1. The maximum Gasteiger partial charge on any atom is 0.358 e. The van der Waals surface area contributed by atoms with Gasteiger partial charge in [0.15, 0.2) is 5.69 Å². The van der Waals surface area contributed by atoms with E-state index in [2.05, 4.69) is 15.0 Å². The van der Waals surface area contributed by atoms with Crippen LogP contribution in [0.4, 0.5) is 5.69 Å². The summed E-state index contributed by atoms with van der Waals surface area (Å²) in [7, 11) is 1.60. The highest BCUT2D eigenvalue weighted by molar-refractivity contribution is 6.29. The third kappa shape index (κ3) is 5.58. The summed E-state index contributed by atoms with van der Waals surface area (Å²) in [4.78, 5) is 33.4. The van der Waals surface area contributed by atoms with Crippen LogP contribution in [0, 0.1) is 0 Å². The highest BCUT2D eigenvalue weighted by Gasteiger charge is 2.23. The smallest absolute Gasteiger partial charge is 0.358 e. The number of halogens is 1. The zero-order valence-electron chi connectivity index (χ0n) is 21.7. The van der Waals surface area contributed by atoms with E-state index in [1.54, 1.807) is 36.9 Å². The van der Waals surface area contributed by atoms with Gasteiger partial charge >= 0.3 is 5.97 Å². The molecule has 0 saturated carbocycles. The number of esters is 1. The monoisotopic (exact) mass is 545 g/mol. The first-order valence-electron chi connectivity index (χ1n) is 12.6. The summed E-state index contributed by atoms with van der Waals surface area (Å²) < 4.78 is 12.4. The zero-order valence-corrected chi connectivity index (χ0v) is 22.5. The first-order valence-corrected chi connectivity index (χ1v) is 13.0. The number of piperazine rings is 1. The summed E-state index contributed by atoms with van der Waals surface area (Å²) in [5, 5.41) is 4.92. The fourth-order valence-corrected chi connectivity index (χ4v) is 4.69. The molecule has 0 aliphatic carbocycles. The molecule has 5 rings (SSSR count). The highest BCUT2D eigenvalue weighted by Crippen LogP contribution is 2.31. The van der Waals surface area contributed by atoms with Crippen LogP contribution >= 0.6 is 11.6 Å². The number of carbonyl (C=O) groups excluding carboxylic acids is 2.